The summed E-state index contributed by atoms with van der Waals surface area (Å²) in [5.74, 6) is 1.44. The van der Waals surface area contributed by atoms with Gasteiger partial charge in [-0.05, 0) is 32.4 Å². The smallest absolute Gasteiger partial charge is 0.342 e. The van der Waals surface area contributed by atoms with E-state index in [0.717, 1.165) is 30.1 Å². The van der Waals surface area contributed by atoms with Crippen LogP contribution in [-0.4, -0.2) is 36.6 Å². The number of anilines is 1. The molecule has 2 aromatic heterocycles. The van der Waals surface area contributed by atoms with Crippen LogP contribution in [0.2, 0.25) is 0 Å². The molecule has 0 bridgehead atoms. The van der Waals surface area contributed by atoms with Crippen LogP contribution in [0.1, 0.15) is 60.8 Å². The van der Waals surface area contributed by atoms with E-state index in [2.05, 4.69) is 32.0 Å². The third-order valence-corrected chi connectivity index (χ3v) is 5.31. The number of aromatic nitrogens is 5. The van der Waals surface area contributed by atoms with Gasteiger partial charge in [0, 0.05) is 11.6 Å². The molecule has 1 aromatic carbocycles. The maximum Gasteiger partial charge on any atom is 0.416 e. The van der Waals surface area contributed by atoms with Crippen molar-refractivity contribution in [1.29, 1.82) is 0 Å². The van der Waals surface area contributed by atoms with Crippen molar-refractivity contribution in [2.24, 2.45) is 0 Å². The fourth-order valence-corrected chi connectivity index (χ4v) is 3.85. The summed E-state index contributed by atoms with van der Waals surface area (Å²) >= 11 is 0. The van der Waals surface area contributed by atoms with Gasteiger partial charge in [-0.25, -0.2) is 9.97 Å². The van der Waals surface area contributed by atoms with Crippen LogP contribution in [0.15, 0.2) is 36.8 Å². The van der Waals surface area contributed by atoms with E-state index >= 15 is 0 Å². The lowest BCUT2D eigenvalue weighted by Crippen LogP contribution is -2.40. The molecule has 1 atom stereocenters. The van der Waals surface area contributed by atoms with Crippen LogP contribution in [-0.2, 0) is 12.6 Å². The molecule has 0 N–H and O–H groups in total. The number of ketones is 1. The van der Waals surface area contributed by atoms with Gasteiger partial charge in [-0.1, -0.05) is 19.1 Å². The molecule has 0 unspecified atom stereocenters. The highest BCUT2D eigenvalue weighted by Gasteiger charge is 2.35. The van der Waals surface area contributed by atoms with E-state index < -0.39 is 11.7 Å². The van der Waals surface area contributed by atoms with Crippen molar-refractivity contribution in [3.8, 4) is 5.69 Å². The summed E-state index contributed by atoms with van der Waals surface area (Å²) in [4.78, 5) is 23.7. The Balaban J connectivity index is 1.65. The molecule has 10 heteroatoms. The zero-order chi connectivity index (χ0) is 22.3. The molecule has 31 heavy (non-hydrogen) atoms. The lowest BCUT2D eigenvalue weighted by molar-refractivity contribution is -0.137. The minimum Gasteiger partial charge on any atom is -0.342 e. The minimum absolute atomic E-state index is 0.0247. The van der Waals surface area contributed by atoms with Crippen molar-refractivity contribution in [1.82, 2.24) is 24.7 Å². The van der Waals surface area contributed by atoms with Crippen molar-refractivity contribution in [2.45, 2.75) is 51.9 Å². The average Bonchev–Trinajstić information content (AvgIpc) is 3.21. The maximum absolute atomic E-state index is 12.8. The van der Waals surface area contributed by atoms with Gasteiger partial charge < -0.3 is 4.90 Å². The summed E-state index contributed by atoms with van der Waals surface area (Å²) in [5, 5.41) is 8.28. The Morgan fingerprint density at radius 2 is 1.90 bits per heavy atom. The van der Waals surface area contributed by atoms with Gasteiger partial charge in [0.2, 0.25) is 0 Å². The first-order chi connectivity index (χ1) is 14.7. The van der Waals surface area contributed by atoms with Crippen LogP contribution in [0.25, 0.3) is 5.69 Å². The van der Waals surface area contributed by atoms with Crippen LogP contribution in [0, 0.1) is 0 Å². The molecule has 1 aliphatic heterocycles. The highest BCUT2D eigenvalue weighted by Crippen LogP contribution is 2.39. The van der Waals surface area contributed by atoms with Gasteiger partial charge in [-0.2, -0.15) is 13.2 Å². The molecule has 0 saturated heterocycles. The zero-order valence-electron chi connectivity index (χ0n) is 17.3. The molecule has 0 fully saturated rings. The second-order valence-electron chi connectivity index (χ2n) is 7.65. The molecular weight excluding hydrogens is 409 g/mol. The number of rotatable bonds is 5. The second-order valence-corrected chi connectivity index (χ2v) is 7.65. The Kier molecular flexibility index (Phi) is 5.24. The summed E-state index contributed by atoms with van der Waals surface area (Å²) in [5.41, 5.74) is 0.115. The lowest BCUT2D eigenvalue weighted by Gasteiger charge is -2.39. The quantitative estimate of drug-likeness (QED) is 0.565. The van der Waals surface area contributed by atoms with Crippen molar-refractivity contribution in [3.63, 3.8) is 0 Å². The van der Waals surface area contributed by atoms with Crippen LogP contribution < -0.4 is 4.90 Å². The van der Waals surface area contributed by atoms with Gasteiger partial charge in [0.05, 0.1) is 24.2 Å². The number of carbonyl (C=O) groups excluding carboxylic acids is 1. The normalized spacial score (nSPS) is 15.7. The van der Waals surface area contributed by atoms with Crippen LogP contribution in [0.5, 0.6) is 0 Å². The Bertz CT molecular complexity index is 1110. The largest absolute Gasteiger partial charge is 0.416 e. The number of hydrogen-bond acceptors (Lipinski definition) is 6. The molecule has 4 rings (SSSR count). The molecule has 162 valence electrons. The predicted molar refractivity (Wildman–Crippen MR) is 107 cm³/mol. The molecule has 3 heterocycles. The van der Waals surface area contributed by atoms with E-state index in [-0.39, 0.29) is 29.9 Å². The molecule has 0 aliphatic carbocycles. The lowest BCUT2D eigenvalue weighted by atomic mass is 10.0. The maximum atomic E-state index is 12.8. The Labute approximate surface area is 177 Å². The topological polar surface area (TPSA) is 76.8 Å². The minimum atomic E-state index is -4.44. The van der Waals surface area contributed by atoms with E-state index in [1.54, 1.807) is 12.5 Å². The van der Waals surface area contributed by atoms with E-state index in [1.165, 1.54) is 12.1 Å². The average molecular weight is 430 g/mol. The van der Waals surface area contributed by atoms with Gasteiger partial charge in [-0.3, -0.25) is 9.36 Å². The third kappa shape index (κ3) is 3.77. The number of carbonyl (C=O) groups is 1. The van der Waals surface area contributed by atoms with Gasteiger partial charge >= 0.3 is 6.18 Å². The zero-order valence-corrected chi connectivity index (χ0v) is 17.3. The van der Waals surface area contributed by atoms with E-state index in [0.29, 0.717) is 11.6 Å². The summed E-state index contributed by atoms with van der Waals surface area (Å²) in [7, 11) is 0. The summed E-state index contributed by atoms with van der Waals surface area (Å²) in [6.07, 6.45) is -0.520. The van der Waals surface area contributed by atoms with E-state index in [9.17, 15) is 18.0 Å². The predicted octanol–water partition coefficient (Wildman–Crippen LogP) is 4.18. The summed E-state index contributed by atoms with van der Waals surface area (Å²) in [6.45, 7) is 6.15. The van der Waals surface area contributed by atoms with E-state index in [1.807, 2.05) is 18.4 Å². The number of halogens is 3. The highest BCUT2D eigenvalue weighted by atomic mass is 19.4. The van der Waals surface area contributed by atoms with Crippen LogP contribution in [0.4, 0.5) is 19.0 Å². The Morgan fingerprint density at radius 1 is 1.19 bits per heavy atom. The number of hydrogen-bond donors (Lipinski definition) is 0. The molecule has 0 spiro atoms. The number of Topliss-reactive ketones (excluding diaryl/α,β-unsaturated/α-hetero) is 1. The molecule has 0 amide bonds. The van der Waals surface area contributed by atoms with Crippen molar-refractivity contribution in [3.05, 3.63) is 59.6 Å². The fraction of sp³-hybridized carbons (Fsp3) is 0.381. The van der Waals surface area contributed by atoms with Crippen molar-refractivity contribution >= 4 is 11.6 Å². The first-order valence-corrected chi connectivity index (χ1v) is 9.95. The standard InChI is InChI=1S/C21H21F3N6O/c1-4-15-20-28-26-11-29(20)16-10-25-18(27-19(16)30(15)12(2)3)9-17(31)13-5-7-14(8-6-13)21(22,23)24/h5-8,10-12,15H,4,9H2,1-3H3/t15-/m1/s1. The number of alkyl halides is 3. The monoisotopic (exact) mass is 430 g/mol. The SMILES string of the molecule is CC[C@@H]1c2nncn2-c2cnc(CC(=O)c3ccc(C(F)(F)F)cc3)nc2N1C(C)C. The molecule has 1 aliphatic rings. The molecule has 3 aromatic rings. The number of benzene rings is 1. The van der Waals surface area contributed by atoms with Crippen molar-refractivity contribution in [2.75, 3.05) is 4.90 Å². The van der Waals surface area contributed by atoms with Gasteiger partial charge in [0.15, 0.2) is 17.4 Å². The first kappa shape index (κ1) is 21.0. The first-order valence-electron chi connectivity index (χ1n) is 9.95. The van der Waals surface area contributed by atoms with Gasteiger partial charge in [-0.15, -0.1) is 10.2 Å². The third-order valence-electron chi connectivity index (χ3n) is 5.31. The highest BCUT2D eigenvalue weighted by molar-refractivity contribution is 5.97. The van der Waals surface area contributed by atoms with Crippen LogP contribution in [0.3, 0.4) is 0 Å². The summed E-state index contributed by atoms with van der Waals surface area (Å²) < 4.78 is 40.1. The van der Waals surface area contributed by atoms with Crippen LogP contribution >= 0.6 is 0 Å². The van der Waals surface area contributed by atoms with Gasteiger partial charge in [0.25, 0.3) is 0 Å². The fourth-order valence-electron chi connectivity index (χ4n) is 3.85. The second kappa shape index (κ2) is 7.75. The van der Waals surface area contributed by atoms with E-state index in [4.69, 9.17) is 0 Å². The summed E-state index contributed by atoms with van der Waals surface area (Å²) in [6, 6.07) is 4.26. The number of fused-ring (bicyclic) bond motifs is 3. The molecule has 0 saturated carbocycles. The van der Waals surface area contributed by atoms with Gasteiger partial charge in [0.1, 0.15) is 17.8 Å². The number of nitrogens with zero attached hydrogens (tertiary/aromatic N) is 6. The molecule has 7 nitrogen and oxygen atoms in total. The Hall–Kier alpha value is -3.30. The molecular formula is C21H21F3N6O. The van der Waals surface area contributed by atoms with Crippen molar-refractivity contribution < 1.29 is 18.0 Å². The Morgan fingerprint density at radius 3 is 2.52 bits per heavy atom. The molecule has 0 radical (unpaired) electrons.